The molecule has 0 aromatic heterocycles. The molecule has 1 atom stereocenters. The summed E-state index contributed by atoms with van der Waals surface area (Å²) in [5.41, 5.74) is 5.13. The topological polar surface area (TPSA) is 104 Å². The molecule has 0 unspecified atom stereocenters. The third-order valence-electron chi connectivity index (χ3n) is 1.13. The molecule has 0 bridgehead atoms. The Morgan fingerprint density at radius 1 is 1.64 bits per heavy atom. The molecule has 0 rings (SSSR count). The molecule has 0 fully saturated rings. The van der Waals surface area contributed by atoms with Crippen molar-refractivity contribution in [2.24, 2.45) is 5.73 Å². The first-order valence-electron chi connectivity index (χ1n) is 3.02. The summed E-state index contributed by atoms with van der Waals surface area (Å²) in [4.78, 5) is 10.1. The van der Waals surface area contributed by atoms with Gasteiger partial charge in [-0.25, -0.2) is 0 Å². The van der Waals surface area contributed by atoms with Crippen LogP contribution in [-0.4, -0.2) is 39.0 Å². The van der Waals surface area contributed by atoms with Crippen LogP contribution in [0.2, 0.25) is 11.1 Å². The Morgan fingerprint density at radius 2 is 2.09 bits per heavy atom. The van der Waals surface area contributed by atoms with Gasteiger partial charge in [-0.15, -0.1) is 0 Å². The second kappa shape index (κ2) is 4.04. The van der Waals surface area contributed by atoms with Gasteiger partial charge in [0.25, 0.3) is 0 Å². The van der Waals surface area contributed by atoms with Crippen molar-refractivity contribution in [1.82, 2.24) is 0 Å². The zero-order chi connectivity index (χ0) is 9.07. The summed E-state index contributed by atoms with van der Waals surface area (Å²) in [5, 5.41) is 8.42. The minimum atomic E-state index is -3.27. The van der Waals surface area contributed by atoms with E-state index in [4.69, 9.17) is 19.2 Å². The van der Waals surface area contributed by atoms with Crippen LogP contribution in [0.3, 0.4) is 0 Å². The quantitative estimate of drug-likeness (QED) is 0.456. The molecule has 0 spiro atoms. The molecule has 5 nitrogen and oxygen atoms in total. The Balaban J connectivity index is 3.63. The van der Waals surface area contributed by atoms with E-state index in [9.17, 15) is 4.79 Å². The van der Waals surface area contributed by atoms with Crippen LogP contribution in [0, 0.1) is 0 Å². The minimum absolute atomic E-state index is 0.115. The van der Waals surface area contributed by atoms with Crippen LogP contribution < -0.4 is 5.73 Å². The Morgan fingerprint density at radius 3 is 2.36 bits per heavy atom. The molecule has 0 aliphatic rings. The number of rotatable bonds is 4. The first-order chi connectivity index (χ1) is 4.83. The predicted octanol–water partition coefficient (Wildman–Crippen LogP) is -1.15. The van der Waals surface area contributed by atoms with E-state index in [1.54, 1.807) is 0 Å². The fourth-order valence-corrected chi connectivity index (χ4v) is 1.94. The van der Waals surface area contributed by atoms with E-state index in [2.05, 4.69) is 0 Å². The number of nitrogens with two attached hydrogens (primary N) is 1. The molecular formula is C5H13NO4Se. The van der Waals surface area contributed by atoms with Crippen LogP contribution in [0.1, 0.15) is 6.42 Å². The predicted molar refractivity (Wildman–Crippen MR) is 41.1 cm³/mol. The molecule has 0 aliphatic carbocycles. The summed E-state index contributed by atoms with van der Waals surface area (Å²) in [6, 6.07) is -0.981. The normalized spacial score (nSPS) is 16.0. The summed E-state index contributed by atoms with van der Waals surface area (Å²) >= 11 is -3.27. The summed E-state index contributed by atoms with van der Waals surface area (Å²) < 4.78 is 17.8. The number of carboxylic acids is 1. The van der Waals surface area contributed by atoms with Crippen molar-refractivity contribution in [2.45, 2.75) is 23.6 Å². The van der Waals surface area contributed by atoms with Gasteiger partial charge in [-0.2, -0.15) is 0 Å². The molecule has 0 heterocycles. The molecule has 0 radical (unpaired) electrons. The molecule has 5 N–H and O–H groups in total. The van der Waals surface area contributed by atoms with Gasteiger partial charge >= 0.3 is 67.1 Å². The van der Waals surface area contributed by atoms with Gasteiger partial charge in [0.2, 0.25) is 0 Å². The van der Waals surface area contributed by atoms with Gasteiger partial charge in [-0.05, 0) is 0 Å². The maximum atomic E-state index is 10.1. The third-order valence-corrected chi connectivity index (χ3v) is 3.25. The average Bonchev–Trinajstić information content (AvgIpc) is 1.80. The van der Waals surface area contributed by atoms with Gasteiger partial charge in [0.15, 0.2) is 0 Å². The number of carbonyl (C=O) groups is 1. The zero-order valence-corrected chi connectivity index (χ0v) is 7.94. The Kier molecular flexibility index (Phi) is 3.99. The third kappa shape index (κ3) is 6.27. The van der Waals surface area contributed by atoms with Crippen molar-refractivity contribution in [3.63, 3.8) is 0 Å². The van der Waals surface area contributed by atoms with Crippen LogP contribution in [0.25, 0.3) is 0 Å². The van der Waals surface area contributed by atoms with E-state index >= 15 is 0 Å². The monoisotopic (exact) mass is 231 g/mol. The van der Waals surface area contributed by atoms with Gasteiger partial charge in [-0.1, -0.05) is 0 Å². The fraction of sp³-hybridized carbons (Fsp3) is 0.800. The van der Waals surface area contributed by atoms with Crippen LogP contribution in [-0.2, 0) is 4.79 Å². The molecule has 11 heavy (non-hydrogen) atoms. The van der Waals surface area contributed by atoms with Crippen LogP contribution in [0.5, 0.6) is 0 Å². The molecule has 6 heteroatoms. The van der Waals surface area contributed by atoms with Gasteiger partial charge in [0, 0.05) is 0 Å². The second-order valence-corrected chi connectivity index (χ2v) is 7.46. The van der Waals surface area contributed by atoms with Gasteiger partial charge < -0.3 is 0 Å². The van der Waals surface area contributed by atoms with E-state index in [0.29, 0.717) is 0 Å². The SMILES string of the molecule is C[Se](O)(O)CC[C@H](N)C(=O)O. The van der Waals surface area contributed by atoms with Crippen molar-refractivity contribution >= 4 is 19.5 Å². The first kappa shape index (κ1) is 10.9. The molecule has 0 amide bonds. The molecular weight excluding hydrogens is 217 g/mol. The Hall–Kier alpha value is -0.131. The summed E-state index contributed by atoms with van der Waals surface area (Å²) in [5.74, 6) is 0.233. The van der Waals surface area contributed by atoms with Crippen molar-refractivity contribution in [1.29, 1.82) is 0 Å². The molecule has 68 valence electrons. The Labute approximate surface area is 67.7 Å². The molecule has 0 saturated carbocycles. The fourth-order valence-electron chi connectivity index (χ4n) is 0.474. The van der Waals surface area contributed by atoms with Crippen molar-refractivity contribution < 1.29 is 18.3 Å². The average molecular weight is 230 g/mol. The molecule has 0 aliphatic heterocycles. The van der Waals surface area contributed by atoms with Crippen molar-refractivity contribution in [3.8, 4) is 0 Å². The summed E-state index contributed by atoms with van der Waals surface area (Å²) in [7, 11) is 0. The Bertz CT molecular complexity index is 144. The van der Waals surface area contributed by atoms with E-state index < -0.39 is 25.5 Å². The van der Waals surface area contributed by atoms with E-state index in [1.165, 1.54) is 5.82 Å². The molecule has 0 saturated heterocycles. The number of carboxylic acid groups (broad SMARTS) is 1. The number of hydrogen-bond donors (Lipinski definition) is 4. The van der Waals surface area contributed by atoms with E-state index in [-0.39, 0.29) is 11.7 Å². The van der Waals surface area contributed by atoms with E-state index in [0.717, 1.165) is 0 Å². The van der Waals surface area contributed by atoms with Gasteiger partial charge in [0.05, 0.1) is 0 Å². The van der Waals surface area contributed by atoms with Crippen LogP contribution >= 0.6 is 0 Å². The second-order valence-electron chi connectivity index (χ2n) is 2.43. The zero-order valence-electron chi connectivity index (χ0n) is 6.23. The van der Waals surface area contributed by atoms with Gasteiger partial charge in [-0.3, -0.25) is 0 Å². The summed E-state index contributed by atoms with van der Waals surface area (Å²) in [6.07, 6.45) is 0.124. The summed E-state index contributed by atoms with van der Waals surface area (Å²) in [6.45, 7) is 0. The standard InChI is InChI=1S/C5H13NO4Se/c1-11(9,10)3-2-4(6)5(7)8/h4,9-10H,2-3,6H2,1H3,(H,7,8)/t4-/m0/s1. The first-order valence-corrected chi connectivity index (χ1v) is 7.48. The molecule has 0 aromatic rings. The molecule has 0 aromatic carbocycles. The maximum absolute atomic E-state index is 10.1. The van der Waals surface area contributed by atoms with Crippen molar-refractivity contribution in [2.75, 3.05) is 0 Å². The van der Waals surface area contributed by atoms with Crippen molar-refractivity contribution in [3.05, 3.63) is 0 Å². The van der Waals surface area contributed by atoms with Crippen LogP contribution in [0.4, 0.5) is 0 Å². The van der Waals surface area contributed by atoms with E-state index in [1.807, 2.05) is 0 Å². The van der Waals surface area contributed by atoms with Gasteiger partial charge in [0.1, 0.15) is 0 Å². The number of hydrogen-bond acceptors (Lipinski definition) is 4. The van der Waals surface area contributed by atoms with Crippen LogP contribution in [0.15, 0.2) is 0 Å². The number of aliphatic carboxylic acids is 1.